The quantitative estimate of drug-likeness (QED) is 0.289. The van der Waals surface area contributed by atoms with Crippen LogP contribution < -0.4 is 4.72 Å². The molecule has 2 aromatic carbocycles. The molecular weight excluding hydrogens is 410 g/mol. The van der Waals surface area contributed by atoms with E-state index in [-0.39, 0.29) is 22.8 Å². The van der Waals surface area contributed by atoms with Gasteiger partial charge in [0.1, 0.15) is 6.10 Å². The summed E-state index contributed by atoms with van der Waals surface area (Å²) in [6.07, 6.45) is 5.76. The van der Waals surface area contributed by atoms with Gasteiger partial charge in [-0.15, -0.1) is 0 Å². The molecule has 0 aliphatic carbocycles. The Kier molecular flexibility index (Phi) is 9.46. The largest absolute Gasteiger partial charge is 0.453 e. The van der Waals surface area contributed by atoms with Crippen molar-refractivity contribution in [1.29, 1.82) is 0 Å². The van der Waals surface area contributed by atoms with E-state index in [1.165, 1.54) is 6.92 Å². The lowest BCUT2D eigenvalue weighted by Gasteiger charge is -2.22. The first-order valence-electron chi connectivity index (χ1n) is 10.7. The molecule has 0 aliphatic rings. The van der Waals surface area contributed by atoms with Crippen LogP contribution in [0.5, 0.6) is 0 Å². The number of carbonyl (C=O) groups excluding carboxylic acids is 1. The van der Waals surface area contributed by atoms with Gasteiger partial charge in [0.15, 0.2) is 0 Å². The van der Waals surface area contributed by atoms with Gasteiger partial charge in [-0.1, -0.05) is 68.0 Å². The minimum Gasteiger partial charge on any atom is -0.453 e. The number of aryl methyl sites for hydroxylation is 1. The fourth-order valence-electron chi connectivity index (χ4n) is 3.23. The predicted octanol–water partition coefficient (Wildman–Crippen LogP) is 5.33. The third-order valence-electron chi connectivity index (χ3n) is 5.06. The summed E-state index contributed by atoms with van der Waals surface area (Å²) in [7, 11) is -3.55. The monoisotopic (exact) mass is 443 g/mol. The highest BCUT2D eigenvalue weighted by atomic mass is 32.2. The summed E-state index contributed by atoms with van der Waals surface area (Å²) in [6, 6.07) is 16.3. The average Bonchev–Trinajstić information content (AvgIpc) is 2.72. The molecule has 0 bridgehead atoms. The van der Waals surface area contributed by atoms with E-state index in [0.717, 1.165) is 30.4 Å². The molecule has 1 N–H and O–H groups in total. The van der Waals surface area contributed by atoms with Crippen molar-refractivity contribution in [2.75, 3.05) is 0 Å². The Bertz CT molecular complexity index is 951. The molecule has 0 radical (unpaired) electrons. The lowest BCUT2D eigenvalue weighted by Crippen LogP contribution is -2.38. The number of rotatable bonds is 11. The van der Waals surface area contributed by atoms with Gasteiger partial charge in [0.05, 0.1) is 4.90 Å². The molecule has 2 unspecified atom stereocenters. The summed E-state index contributed by atoms with van der Waals surface area (Å²) < 4.78 is 33.7. The Hall–Kier alpha value is -2.44. The Morgan fingerprint density at radius 3 is 2.29 bits per heavy atom. The molecule has 0 saturated heterocycles. The number of carbonyl (C=O) groups is 1. The Morgan fingerprint density at radius 1 is 1.06 bits per heavy atom. The molecule has 2 aromatic rings. The maximum absolute atomic E-state index is 12.7. The summed E-state index contributed by atoms with van der Waals surface area (Å²) in [4.78, 5) is 11.7. The van der Waals surface area contributed by atoms with Gasteiger partial charge in [-0.25, -0.2) is 13.1 Å². The van der Waals surface area contributed by atoms with Crippen molar-refractivity contribution in [2.24, 2.45) is 5.92 Å². The second-order valence-electron chi connectivity index (χ2n) is 8.08. The molecular formula is C25H33NO4S. The van der Waals surface area contributed by atoms with Crippen LogP contribution in [-0.2, 0) is 19.6 Å². The number of ether oxygens (including phenoxy) is 1. The lowest BCUT2D eigenvalue weighted by atomic mass is 9.99. The van der Waals surface area contributed by atoms with Gasteiger partial charge >= 0.3 is 5.97 Å². The van der Waals surface area contributed by atoms with E-state index in [4.69, 9.17) is 4.74 Å². The van der Waals surface area contributed by atoms with Crippen LogP contribution in [0.4, 0.5) is 0 Å². The number of nitrogens with one attached hydrogen (secondary N) is 1. The fourth-order valence-corrected chi connectivity index (χ4v) is 4.65. The van der Waals surface area contributed by atoms with Crippen LogP contribution in [-0.4, -0.2) is 20.4 Å². The Balaban J connectivity index is 1.94. The third-order valence-corrected chi connectivity index (χ3v) is 6.57. The van der Waals surface area contributed by atoms with Crippen molar-refractivity contribution in [3.05, 3.63) is 77.9 Å². The number of hydrogen-bond donors (Lipinski definition) is 1. The molecule has 31 heavy (non-hydrogen) atoms. The van der Waals surface area contributed by atoms with Crippen molar-refractivity contribution in [1.82, 2.24) is 4.72 Å². The van der Waals surface area contributed by atoms with E-state index in [1.54, 1.807) is 24.3 Å². The molecule has 0 fully saturated rings. The first kappa shape index (κ1) is 24.8. The molecule has 2 atom stereocenters. The normalized spacial score (nSPS) is 14.0. The molecule has 0 heterocycles. The number of benzene rings is 2. The summed E-state index contributed by atoms with van der Waals surface area (Å²) in [5.41, 5.74) is 1.94. The molecule has 2 rings (SSSR count). The van der Waals surface area contributed by atoms with Crippen LogP contribution >= 0.6 is 0 Å². The molecule has 0 aliphatic heterocycles. The van der Waals surface area contributed by atoms with Crippen molar-refractivity contribution in [3.63, 3.8) is 0 Å². The van der Waals surface area contributed by atoms with Crippen molar-refractivity contribution in [2.45, 2.75) is 64.0 Å². The fraction of sp³-hybridized carbons (Fsp3) is 0.400. The molecule has 5 nitrogen and oxygen atoms in total. The first-order chi connectivity index (χ1) is 14.7. The van der Waals surface area contributed by atoms with Gasteiger partial charge in [-0.05, 0) is 55.9 Å². The van der Waals surface area contributed by atoms with E-state index in [9.17, 15) is 13.2 Å². The van der Waals surface area contributed by atoms with Crippen LogP contribution in [0.25, 0.3) is 0 Å². The van der Waals surface area contributed by atoms with Crippen LogP contribution in [0.1, 0.15) is 57.3 Å². The summed E-state index contributed by atoms with van der Waals surface area (Å²) in [6.45, 7) is 7.36. The molecule has 168 valence electrons. The van der Waals surface area contributed by atoms with Crippen LogP contribution in [0.2, 0.25) is 0 Å². The summed E-state index contributed by atoms with van der Waals surface area (Å²) in [5.74, 6) is -0.161. The number of unbranched alkanes of at least 4 members (excludes halogenated alkanes) is 1. The molecule has 0 saturated carbocycles. The van der Waals surface area contributed by atoms with Crippen LogP contribution in [0.3, 0.4) is 0 Å². The third kappa shape index (κ3) is 8.31. The number of allylic oxidation sites excluding steroid dienone is 1. The van der Waals surface area contributed by atoms with E-state index in [1.807, 2.05) is 63.3 Å². The number of sulfonamides is 1. The number of hydrogen-bond acceptors (Lipinski definition) is 4. The van der Waals surface area contributed by atoms with Gasteiger partial charge in [0, 0.05) is 13.0 Å². The van der Waals surface area contributed by atoms with E-state index in [0.29, 0.717) is 0 Å². The van der Waals surface area contributed by atoms with Crippen LogP contribution in [0.15, 0.2) is 71.6 Å². The van der Waals surface area contributed by atoms with Crippen molar-refractivity contribution < 1.29 is 17.9 Å². The van der Waals surface area contributed by atoms with E-state index >= 15 is 0 Å². The van der Waals surface area contributed by atoms with Crippen LogP contribution in [0, 0.1) is 12.8 Å². The van der Waals surface area contributed by atoms with Gasteiger partial charge in [-0.3, -0.25) is 4.79 Å². The van der Waals surface area contributed by atoms with Gasteiger partial charge in [0.25, 0.3) is 0 Å². The standard InChI is InChI=1S/C25H33NO4S/c1-19(2)24(26-31(28,29)23-17-15-20(3)16-18-23)13-9-6-10-14-25(30-21(4)27)22-11-7-5-8-12-22/h5,7-8,10-12,14-19,24-26H,6,9,13H2,1-4H3/b14-10+. The van der Waals surface area contributed by atoms with Gasteiger partial charge in [0.2, 0.25) is 10.0 Å². The molecule has 0 aromatic heterocycles. The van der Waals surface area contributed by atoms with E-state index in [2.05, 4.69) is 4.72 Å². The minimum absolute atomic E-state index is 0.155. The second-order valence-corrected chi connectivity index (χ2v) is 9.80. The zero-order valence-corrected chi connectivity index (χ0v) is 19.6. The van der Waals surface area contributed by atoms with Gasteiger partial charge in [-0.2, -0.15) is 0 Å². The minimum atomic E-state index is -3.55. The smallest absolute Gasteiger partial charge is 0.303 e. The Morgan fingerprint density at radius 2 is 1.71 bits per heavy atom. The SMILES string of the molecule is CC(=O)OC(/C=C/CCCC(NS(=O)(=O)c1ccc(C)cc1)C(C)C)c1ccccc1. The maximum Gasteiger partial charge on any atom is 0.303 e. The topological polar surface area (TPSA) is 72.5 Å². The van der Waals surface area contributed by atoms with E-state index < -0.39 is 16.1 Å². The molecule has 0 amide bonds. The second kappa shape index (κ2) is 11.8. The highest BCUT2D eigenvalue weighted by Gasteiger charge is 2.22. The molecule has 0 spiro atoms. The first-order valence-corrected chi connectivity index (χ1v) is 12.1. The zero-order chi connectivity index (χ0) is 22.9. The highest BCUT2D eigenvalue weighted by Crippen LogP contribution is 2.20. The predicted molar refractivity (Wildman–Crippen MR) is 124 cm³/mol. The molecule has 6 heteroatoms. The Labute approximate surface area is 186 Å². The van der Waals surface area contributed by atoms with Crippen molar-refractivity contribution >= 4 is 16.0 Å². The number of esters is 1. The van der Waals surface area contributed by atoms with Gasteiger partial charge < -0.3 is 4.74 Å². The highest BCUT2D eigenvalue weighted by molar-refractivity contribution is 7.89. The average molecular weight is 444 g/mol. The lowest BCUT2D eigenvalue weighted by molar-refractivity contribution is -0.144. The zero-order valence-electron chi connectivity index (χ0n) is 18.7. The maximum atomic E-state index is 12.7. The van der Waals surface area contributed by atoms with Crippen molar-refractivity contribution in [3.8, 4) is 0 Å². The summed E-state index contributed by atoms with van der Waals surface area (Å²) in [5, 5.41) is 0. The summed E-state index contributed by atoms with van der Waals surface area (Å²) >= 11 is 0.